The number of benzene rings is 2. The summed E-state index contributed by atoms with van der Waals surface area (Å²) in [6, 6.07) is 13.7. The molecule has 0 aliphatic rings. The van der Waals surface area contributed by atoms with Crippen LogP contribution in [0, 0.1) is 20.8 Å². The van der Waals surface area contributed by atoms with Crippen LogP contribution in [0.5, 0.6) is 0 Å². The van der Waals surface area contributed by atoms with Gasteiger partial charge in [0.2, 0.25) is 0 Å². The third-order valence-electron chi connectivity index (χ3n) is 3.21. The second kappa shape index (κ2) is 7.41. The minimum Gasteiger partial charge on any atom is -0.386 e. The molecular formula is C18H20N2O2. The van der Waals surface area contributed by atoms with Crippen LogP contribution in [0.3, 0.4) is 0 Å². The Morgan fingerprint density at radius 1 is 1.09 bits per heavy atom. The summed E-state index contributed by atoms with van der Waals surface area (Å²) in [5.41, 5.74) is 5.10. The van der Waals surface area contributed by atoms with Crippen LogP contribution in [0.25, 0.3) is 0 Å². The first-order chi connectivity index (χ1) is 10.5. The van der Waals surface area contributed by atoms with E-state index in [4.69, 9.17) is 4.84 Å². The summed E-state index contributed by atoms with van der Waals surface area (Å²) in [6.45, 7) is 5.88. The Labute approximate surface area is 130 Å². The lowest BCUT2D eigenvalue weighted by Crippen LogP contribution is -2.17. The summed E-state index contributed by atoms with van der Waals surface area (Å²) in [5, 5.41) is 6.61. The molecule has 0 atom stereocenters. The highest BCUT2D eigenvalue weighted by molar-refractivity contribution is 5.92. The standard InChI is InChI=1S/C18H20N2O2/c1-13-4-7-16(8-5-13)11-19-22-12-18(21)20-17-9-6-14(2)10-15(17)3/h4-11H,12H2,1-3H3,(H,20,21)/b19-11-. The van der Waals surface area contributed by atoms with Crippen LogP contribution < -0.4 is 5.32 Å². The molecule has 0 saturated heterocycles. The van der Waals surface area contributed by atoms with Gasteiger partial charge in [0.1, 0.15) is 0 Å². The van der Waals surface area contributed by atoms with Crippen molar-refractivity contribution in [1.29, 1.82) is 0 Å². The maximum Gasteiger partial charge on any atom is 0.265 e. The lowest BCUT2D eigenvalue weighted by molar-refractivity contribution is -0.120. The predicted octanol–water partition coefficient (Wildman–Crippen LogP) is 3.60. The minimum absolute atomic E-state index is 0.115. The predicted molar refractivity (Wildman–Crippen MR) is 89.3 cm³/mol. The van der Waals surface area contributed by atoms with Crippen molar-refractivity contribution in [3.63, 3.8) is 0 Å². The van der Waals surface area contributed by atoms with E-state index in [0.717, 1.165) is 22.4 Å². The minimum atomic E-state index is -0.229. The number of anilines is 1. The Bertz CT molecular complexity index is 676. The highest BCUT2D eigenvalue weighted by Crippen LogP contribution is 2.15. The molecule has 0 aliphatic heterocycles. The quantitative estimate of drug-likeness (QED) is 0.677. The fourth-order valence-electron chi connectivity index (χ4n) is 1.99. The van der Waals surface area contributed by atoms with Crippen molar-refractivity contribution < 1.29 is 9.63 Å². The lowest BCUT2D eigenvalue weighted by Gasteiger charge is -2.08. The maximum absolute atomic E-state index is 11.8. The van der Waals surface area contributed by atoms with E-state index in [2.05, 4.69) is 10.5 Å². The molecule has 0 aliphatic carbocycles. The number of nitrogens with zero attached hydrogens (tertiary/aromatic N) is 1. The number of carbonyl (C=O) groups is 1. The largest absolute Gasteiger partial charge is 0.386 e. The van der Waals surface area contributed by atoms with Crippen LogP contribution in [-0.2, 0) is 9.63 Å². The van der Waals surface area contributed by atoms with E-state index in [1.807, 2.05) is 63.2 Å². The second-order valence-corrected chi connectivity index (χ2v) is 5.29. The van der Waals surface area contributed by atoms with Crippen molar-refractivity contribution in [2.24, 2.45) is 5.16 Å². The molecule has 2 aromatic carbocycles. The van der Waals surface area contributed by atoms with E-state index >= 15 is 0 Å². The van der Waals surface area contributed by atoms with Crippen molar-refractivity contribution in [3.8, 4) is 0 Å². The number of oxime groups is 1. The Balaban J connectivity index is 1.81. The topological polar surface area (TPSA) is 50.7 Å². The Morgan fingerprint density at radius 3 is 2.45 bits per heavy atom. The monoisotopic (exact) mass is 296 g/mol. The fraction of sp³-hybridized carbons (Fsp3) is 0.222. The summed E-state index contributed by atoms with van der Waals surface area (Å²) >= 11 is 0. The van der Waals surface area contributed by atoms with Crippen LogP contribution in [0.15, 0.2) is 47.6 Å². The Hall–Kier alpha value is -2.62. The van der Waals surface area contributed by atoms with Gasteiger partial charge in [-0.2, -0.15) is 0 Å². The molecule has 22 heavy (non-hydrogen) atoms. The number of aryl methyl sites for hydroxylation is 3. The fourth-order valence-corrected chi connectivity index (χ4v) is 1.99. The first-order valence-corrected chi connectivity index (χ1v) is 7.14. The number of amides is 1. The van der Waals surface area contributed by atoms with Gasteiger partial charge in [0.15, 0.2) is 6.61 Å². The summed E-state index contributed by atoms with van der Waals surface area (Å²) in [4.78, 5) is 16.8. The molecule has 0 spiro atoms. The highest BCUT2D eigenvalue weighted by Gasteiger charge is 2.05. The van der Waals surface area contributed by atoms with Crippen LogP contribution >= 0.6 is 0 Å². The Kier molecular flexibility index (Phi) is 5.31. The molecule has 1 amide bonds. The number of hydrogen-bond acceptors (Lipinski definition) is 3. The molecule has 4 heteroatoms. The van der Waals surface area contributed by atoms with E-state index in [9.17, 15) is 4.79 Å². The zero-order chi connectivity index (χ0) is 15.9. The van der Waals surface area contributed by atoms with Crippen LogP contribution in [-0.4, -0.2) is 18.7 Å². The first-order valence-electron chi connectivity index (χ1n) is 7.14. The Morgan fingerprint density at radius 2 is 1.77 bits per heavy atom. The molecule has 0 radical (unpaired) electrons. The zero-order valence-corrected chi connectivity index (χ0v) is 13.1. The van der Waals surface area contributed by atoms with Gasteiger partial charge in [0.25, 0.3) is 5.91 Å². The molecule has 1 N–H and O–H groups in total. The number of carbonyl (C=O) groups excluding carboxylic acids is 1. The molecule has 2 aromatic rings. The van der Waals surface area contributed by atoms with E-state index < -0.39 is 0 Å². The van der Waals surface area contributed by atoms with Crippen LogP contribution in [0.4, 0.5) is 5.69 Å². The molecule has 114 valence electrons. The highest BCUT2D eigenvalue weighted by atomic mass is 16.6. The molecule has 0 fully saturated rings. The molecule has 0 aromatic heterocycles. The van der Waals surface area contributed by atoms with Gasteiger partial charge in [-0.25, -0.2) is 0 Å². The van der Waals surface area contributed by atoms with Gasteiger partial charge < -0.3 is 10.2 Å². The van der Waals surface area contributed by atoms with Gasteiger partial charge in [0.05, 0.1) is 6.21 Å². The number of nitrogens with one attached hydrogen (secondary N) is 1. The van der Waals surface area contributed by atoms with Gasteiger partial charge in [-0.05, 0) is 38.0 Å². The SMILES string of the molecule is Cc1ccc(/C=N\OCC(=O)Nc2ccc(C)cc2C)cc1. The molecule has 0 saturated carbocycles. The van der Waals surface area contributed by atoms with Crippen molar-refractivity contribution in [2.75, 3.05) is 11.9 Å². The van der Waals surface area contributed by atoms with Gasteiger partial charge in [-0.1, -0.05) is 52.7 Å². The van der Waals surface area contributed by atoms with Gasteiger partial charge in [0, 0.05) is 5.69 Å². The van der Waals surface area contributed by atoms with E-state index in [1.165, 1.54) is 5.56 Å². The van der Waals surface area contributed by atoms with Crippen molar-refractivity contribution in [2.45, 2.75) is 20.8 Å². The third kappa shape index (κ3) is 4.74. The summed E-state index contributed by atoms with van der Waals surface area (Å²) < 4.78 is 0. The van der Waals surface area contributed by atoms with Gasteiger partial charge in [-0.15, -0.1) is 0 Å². The normalized spacial score (nSPS) is 10.7. The van der Waals surface area contributed by atoms with Crippen molar-refractivity contribution in [1.82, 2.24) is 0 Å². The van der Waals surface area contributed by atoms with E-state index in [0.29, 0.717) is 0 Å². The molecule has 2 rings (SSSR count). The average Bonchev–Trinajstić information content (AvgIpc) is 2.48. The van der Waals surface area contributed by atoms with Crippen LogP contribution in [0.1, 0.15) is 22.3 Å². The van der Waals surface area contributed by atoms with Gasteiger partial charge >= 0.3 is 0 Å². The summed E-state index contributed by atoms with van der Waals surface area (Å²) in [6.07, 6.45) is 1.59. The maximum atomic E-state index is 11.8. The molecule has 0 heterocycles. The second-order valence-electron chi connectivity index (χ2n) is 5.29. The van der Waals surface area contributed by atoms with E-state index in [-0.39, 0.29) is 12.5 Å². The first kappa shape index (κ1) is 15.8. The molecular weight excluding hydrogens is 276 g/mol. The zero-order valence-electron chi connectivity index (χ0n) is 13.1. The van der Waals surface area contributed by atoms with Crippen molar-refractivity contribution >= 4 is 17.8 Å². The number of hydrogen-bond donors (Lipinski definition) is 1. The summed E-state index contributed by atoms with van der Waals surface area (Å²) in [7, 11) is 0. The van der Waals surface area contributed by atoms with E-state index in [1.54, 1.807) is 6.21 Å². The van der Waals surface area contributed by atoms with Gasteiger partial charge in [-0.3, -0.25) is 4.79 Å². The summed E-state index contributed by atoms with van der Waals surface area (Å²) in [5.74, 6) is -0.229. The number of rotatable bonds is 5. The van der Waals surface area contributed by atoms with Crippen molar-refractivity contribution in [3.05, 3.63) is 64.7 Å². The smallest absolute Gasteiger partial charge is 0.265 e. The molecule has 0 unspecified atom stereocenters. The van der Waals surface area contributed by atoms with Crippen LogP contribution in [0.2, 0.25) is 0 Å². The molecule has 0 bridgehead atoms. The molecule has 4 nitrogen and oxygen atoms in total. The average molecular weight is 296 g/mol. The lowest BCUT2D eigenvalue weighted by atomic mass is 10.1. The third-order valence-corrected chi connectivity index (χ3v) is 3.21.